The lowest BCUT2D eigenvalue weighted by Crippen LogP contribution is -2.30. The lowest BCUT2D eigenvalue weighted by molar-refractivity contribution is 0.236. The first-order valence-corrected chi connectivity index (χ1v) is 7.59. The Morgan fingerprint density at radius 1 is 1.00 bits per heavy atom. The predicted octanol–water partition coefficient (Wildman–Crippen LogP) is 2.96. The van der Waals surface area contributed by atoms with Gasteiger partial charge in [0.1, 0.15) is 5.82 Å². The van der Waals surface area contributed by atoms with E-state index >= 15 is 0 Å². The third-order valence-corrected chi connectivity index (χ3v) is 3.76. The molecular weight excluding hydrogens is 253 g/mol. The molecule has 0 unspecified atom stereocenters. The van der Waals surface area contributed by atoms with Gasteiger partial charge in [-0.1, -0.05) is 26.8 Å². The third kappa shape index (κ3) is 5.47. The fourth-order valence-corrected chi connectivity index (χ4v) is 2.34. The van der Waals surface area contributed by atoms with Crippen LogP contribution in [0.4, 0.5) is 10.1 Å². The second kappa shape index (κ2) is 8.93. The van der Waals surface area contributed by atoms with Gasteiger partial charge in [-0.25, -0.2) is 4.39 Å². The van der Waals surface area contributed by atoms with Crippen molar-refractivity contribution in [2.75, 3.05) is 38.5 Å². The second-order valence-corrected chi connectivity index (χ2v) is 5.10. The standard InChI is InChI=1S/C16H28FN3/c1-4-19(5-2)10-7-11-20(6-3)13-14-8-9-15(18)12-16(14)17/h8-9,12H,4-7,10-11,13,18H2,1-3H3. The summed E-state index contributed by atoms with van der Waals surface area (Å²) in [4.78, 5) is 4.69. The molecule has 1 aromatic rings. The minimum Gasteiger partial charge on any atom is -0.399 e. The van der Waals surface area contributed by atoms with Gasteiger partial charge in [0.25, 0.3) is 0 Å². The minimum atomic E-state index is -0.202. The van der Waals surface area contributed by atoms with Crippen LogP contribution in [0.15, 0.2) is 18.2 Å². The number of nitrogens with zero attached hydrogens (tertiary/aromatic N) is 2. The molecule has 0 bridgehead atoms. The van der Waals surface area contributed by atoms with Crippen molar-refractivity contribution in [1.29, 1.82) is 0 Å². The zero-order valence-electron chi connectivity index (χ0n) is 13.0. The Labute approximate surface area is 122 Å². The molecule has 20 heavy (non-hydrogen) atoms. The maximum absolute atomic E-state index is 13.8. The molecular formula is C16H28FN3. The van der Waals surface area contributed by atoms with Crippen LogP contribution < -0.4 is 5.73 Å². The van der Waals surface area contributed by atoms with Crippen molar-refractivity contribution in [2.24, 2.45) is 0 Å². The lowest BCUT2D eigenvalue weighted by Gasteiger charge is -2.23. The molecule has 0 atom stereocenters. The van der Waals surface area contributed by atoms with Crippen LogP contribution in [-0.4, -0.2) is 42.5 Å². The molecule has 1 aromatic carbocycles. The van der Waals surface area contributed by atoms with E-state index in [0.29, 0.717) is 12.2 Å². The van der Waals surface area contributed by atoms with E-state index in [4.69, 9.17) is 5.73 Å². The molecule has 0 spiro atoms. The van der Waals surface area contributed by atoms with Gasteiger partial charge in [-0.15, -0.1) is 0 Å². The zero-order valence-corrected chi connectivity index (χ0v) is 13.0. The molecule has 0 aliphatic heterocycles. The van der Waals surface area contributed by atoms with E-state index in [0.717, 1.165) is 44.7 Å². The Morgan fingerprint density at radius 3 is 2.15 bits per heavy atom. The van der Waals surface area contributed by atoms with Crippen LogP contribution in [-0.2, 0) is 6.54 Å². The molecule has 0 aromatic heterocycles. The van der Waals surface area contributed by atoms with Crippen molar-refractivity contribution < 1.29 is 4.39 Å². The number of nitrogen functional groups attached to an aromatic ring is 1. The molecule has 3 nitrogen and oxygen atoms in total. The fourth-order valence-electron chi connectivity index (χ4n) is 2.34. The van der Waals surface area contributed by atoms with Crippen LogP contribution >= 0.6 is 0 Å². The molecule has 0 heterocycles. The Bertz CT molecular complexity index is 391. The maximum Gasteiger partial charge on any atom is 0.129 e. The van der Waals surface area contributed by atoms with Crippen LogP contribution in [0.1, 0.15) is 32.8 Å². The Balaban J connectivity index is 2.46. The largest absolute Gasteiger partial charge is 0.399 e. The van der Waals surface area contributed by atoms with Gasteiger partial charge >= 0.3 is 0 Å². The van der Waals surface area contributed by atoms with Gasteiger partial charge in [-0.3, -0.25) is 4.90 Å². The molecule has 0 aliphatic carbocycles. The molecule has 1 rings (SSSR count). The minimum absolute atomic E-state index is 0.202. The van der Waals surface area contributed by atoms with Gasteiger partial charge in [0.15, 0.2) is 0 Å². The van der Waals surface area contributed by atoms with E-state index in [1.165, 1.54) is 6.07 Å². The molecule has 4 heteroatoms. The first kappa shape index (κ1) is 16.9. The highest BCUT2D eigenvalue weighted by molar-refractivity contribution is 5.40. The van der Waals surface area contributed by atoms with Crippen molar-refractivity contribution in [3.63, 3.8) is 0 Å². The van der Waals surface area contributed by atoms with Crippen LogP contribution in [0.3, 0.4) is 0 Å². The average Bonchev–Trinajstić information content (AvgIpc) is 2.44. The number of rotatable bonds is 9. The Hall–Kier alpha value is -1.13. The number of benzene rings is 1. The van der Waals surface area contributed by atoms with Gasteiger partial charge in [-0.2, -0.15) is 0 Å². The molecule has 0 radical (unpaired) electrons. The monoisotopic (exact) mass is 281 g/mol. The summed E-state index contributed by atoms with van der Waals surface area (Å²) >= 11 is 0. The second-order valence-electron chi connectivity index (χ2n) is 5.10. The predicted molar refractivity (Wildman–Crippen MR) is 84.2 cm³/mol. The van der Waals surface area contributed by atoms with Gasteiger partial charge in [0, 0.05) is 17.8 Å². The summed E-state index contributed by atoms with van der Waals surface area (Å²) in [6.07, 6.45) is 1.12. The summed E-state index contributed by atoms with van der Waals surface area (Å²) in [7, 11) is 0. The summed E-state index contributed by atoms with van der Waals surface area (Å²) in [5.41, 5.74) is 6.78. The number of hydrogen-bond donors (Lipinski definition) is 1. The number of anilines is 1. The zero-order chi connectivity index (χ0) is 15.0. The Morgan fingerprint density at radius 2 is 1.60 bits per heavy atom. The summed E-state index contributed by atoms with van der Waals surface area (Å²) in [6.45, 7) is 12.4. The number of nitrogens with two attached hydrogens (primary N) is 1. The molecule has 0 saturated carbocycles. The molecule has 0 fully saturated rings. The smallest absolute Gasteiger partial charge is 0.129 e. The van der Waals surface area contributed by atoms with Crippen LogP contribution in [0.2, 0.25) is 0 Å². The first-order chi connectivity index (χ1) is 9.60. The van der Waals surface area contributed by atoms with E-state index in [2.05, 4.69) is 30.6 Å². The highest BCUT2D eigenvalue weighted by atomic mass is 19.1. The van der Waals surface area contributed by atoms with E-state index in [9.17, 15) is 4.39 Å². The maximum atomic E-state index is 13.8. The molecule has 2 N–H and O–H groups in total. The highest BCUT2D eigenvalue weighted by Crippen LogP contribution is 2.14. The molecule has 0 saturated heterocycles. The number of hydrogen-bond acceptors (Lipinski definition) is 3. The lowest BCUT2D eigenvalue weighted by atomic mass is 10.1. The van der Waals surface area contributed by atoms with Crippen LogP contribution in [0, 0.1) is 5.82 Å². The van der Waals surface area contributed by atoms with E-state index < -0.39 is 0 Å². The Kier molecular flexibility index (Phi) is 7.55. The third-order valence-electron chi connectivity index (χ3n) is 3.76. The summed E-state index contributed by atoms with van der Waals surface area (Å²) < 4.78 is 13.8. The fraction of sp³-hybridized carbons (Fsp3) is 0.625. The highest BCUT2D eigenvalue weighted by Gasteiger charge is 2.09. The van der Waals surface area contributed by atoms with E-state index in [1.54, 1.807) is 12.1 Å². The van der Waals surface area contributed by atoms with Crippen molar-refractivity contribution in [2.45, 2.75) is 33.7 Å². The average molecular weight is 281 g/mol. The van der Waals surface area contributed by atoms with Gasteiger partial charge in [0.2, 0.25) is 0 Å². The van der Waals surface area contributed by atoms with Crippen molar-refractivity contribution in [3.05, 3.63) is 29.6 Å². The SMILES string of the molecule is CCN(CC)CCCN(CC)Cc1ccc(N)cc1F. The summed E-state index contributed by atoms with van der Waals surface area (Å²) in [5, 5.41) is 0. The van der Waals surface area contributed by atoms with Crippen molar-refractivity contribution >= 4 is 5.69 Å². The van der Waals surface area contributed by atoms with Crippen LogP contribution in [0.25, 0.3) is 0 Å². The van der Waals surface area contributed by atoms with E-state index in [-0.39, 0.29) is 5.82 Å². The van der Waals surface area contributed by atoms with E-state index in [1.807, 2.05) is 0 Å². The molecule has 114 valence electrons. The molecule has 0 amide bonds. The van der Waals surface area contributed by atoms with Gasteiger partial charge < -0.3 is 10.6 Å². The normalized spacial score (nSPS) is 11.5. The van der Waals surface area contributed by atoms with Crippen molar-refractivity contribution in [3.8, 4) is 0 Å². The quantitative estimate of drug-likeness (QED) is 0.706. The van der Waals surface area contributed by atoms with Gasteiger partial charge in [-0.05, 0) is 51.3 Å². The van der Waals surface area contributed by atoms with Gasteiger partial charge in [0.05, 0.1) is 0 Å². The first-order valence-electron chi connectivity index (χ1n) is 7.59. The van der Waals surface area contributed by atoms with Crippen LogP contribution in [0.5, 0.6) is 0 Å². The number of halogens is 1. The van der Waals surface area contributed by atoms with Crippen molar-refractivity contribution in [1.82, 2.24) is 9.80 Å². The summed E-state index contributed by atoms with van der Waals surface area (Å²) in [6, 6.07) is 4.96. The summed E-state index contributed by atoms with van der Waals surface area (Å²) in [5.74, 6) is -0.202. The topological polar surface area (TPSA) is 32.5 Å². The molecule has 0 aliphatic rings.